The molecule has 1 aliphatic heterocycles. The number of nitrogens with one attached hydrogen (secondary N) is 1. The molecule has 1 fully saturated rings. The van der Waals surface area contributed by atoms with Crippen molar-refractivity contribution in [3.8, 4) is 11.5 Å². The summed E-state index contributed by atoms with van der Waals surface area (Å²) >= 11 is 1.58. The molecule has 0 saturated carbocycles. The molecule has 0 aliphatic carbocycles. The van der Waals surface area contributed by atoms with Crippen LogP contribution in [0.25, 0.3) is 0 Å². The van der Waals surface area contributed by atoms with Crippen LogP contribution in [0.3, 0.4) is 0 Å². The van der Waals surface area contributed by atoms with Crippen molar-refractivity contribution in [2.75, 3.05) is 32.6 Å². The van der Waals surface area contributed by atoms with Crippen LogP contribution in [0.1, 0.15) is 52.4 Å². The topological polar surface area (TPSA) is 63.9 Å². The second-order valence-corrected chi connectivity index (χ2v) is 9.56. The van der Waals surface area contributed by atoms with Crippen LogP contribution in [0.15, 0.2) is 47.1 Å². The number of amides is 1. The van der Waals surface area contributed by atoms with Crippen LogP contribution >= 0.6 is 11.3 Å². The molecule has 0 spiro atoms. The van der Waals surface area contributed by atoms with Crippen molar-refractivity contribution in [3.05, 3.63) is 64.4 Å². The molecule has 1 aliphatic rings. The maximum absolute atomic E-state index is 12.8. The molecular formula is C25H30N2O4S. The van der Waals surface area contributed by atoms with Crippen LogP contribution in [0.4, 0.5) is 5.00 Å². The van der Waals surface area contributed by atoms with E-state index in [4.69, 9.17) is 13.9 Å². The Balaban J connectivity index is 1.77. The number of carbonyl (C=O) groups excluding carboxylic acids is 1. The van der Waals surface area contributed by atoms with Crippen LogP contribution < -0.4 is 14.8 Å². The summed E-state index contributed by atoms with van der Waals surface area (Å²) in [4.78, 5) is 16.4. The number of rotatable bonds is 7. The van der Waals surface area contributed by atoms with Gasteiger partial charge in [-0.3, -0.25) is 9.69 Å². The SMILES string of the molecule is COc1ccc([C@@H](c2cc(C)sc2NC(=O)c2ccco2)N2CCC(C)CC2)c(OC)c1. The second-order valence-electron chi connectivity index (χ2n) is 8.30. The number of methoxy groups -OCH3 is 2. The normalized spacial score (nSPS) is 16.0. The van der Waals surface area contributed by atoms with Gasteiger partial charge in [0.1, 0.15) is 16.5 Å². The number of ether oxygens (including phenoxy) is 2. The summed E-state index contributed by atoms with van der Waals surface area (Å²) in [5.41, 5.74) is 2.14. The fourth-order valence-electron chi connectivity index (χ4n) is 4.30. The molecule has 1 amide bonds. The van der Waals surface area contributed by atoms with E-state index in [2.05, 4.69) is 36.2 Å². The number of likely N-dealkylation sites (tertiary alicyclic amines) is 1. The molecule has 0 bridgehead atoms. The predicted molar refractivity (Wildman–Crippen MR) is 127 cm³/mol. The van der Waals surface area contributed by atoms with E-state index in [9.17, 15) is 4.79 Å². The number of aryl methyl sites for hydroxylation is 1. The molecule has 1 aromatic carbocycles. The molecular weight excluding hydrogens is 424 g/mol. The molecule has 7 heteroatoms. The summed E-state index contributed by atoms with van der Waals surface area (Å²) in [7, 11) is 3.34. The zero-order valence-corrected chi connectivity index (χ0v) is 19.8. The lowest BCUT2D eigenvalue weighted by Gasteiger charge is -2.37. The van der Waals surface area contributed by atoms with E-state index in [0.29, 0.717) is 11.7 Å². The molecule has 0 unspecified atom stereocenters. The first kappa shape index (κ1) is 22.4. The minimum Gasteiger partial charge on any atom is -0.497 e. The number of thiophene rings is 1. The van der Waals surface area contributed by atoms with Gasteiger partial charge in [0.15, 0.2) is 5.76 Å². The average Bonchev–Trinajstić information content (AvgIpc) is 3.46. The van der Waals surface area contributed by atoms with Crippen molar-refractivity contribution in [2.24, 2.45) is 5.92 Å². The smallest absolute Gasteiger partial charge is 0.291 e. The van der Waals surface area contributed by atoms with Crippen LogP contribution in [-0.2, 0) is 0 Å². The second kappa shape index (κ2) is 9.79. The maximum atomic E-state index is 12.8. The Labute approximate surface area is 193 Å². The van der Waals surface area contributed by atoms with Gasteiger partial charge < -0.3 is 19.2 Å². The Morgan fingerprint density at radius 3 is 2.59 bits per heavy atom. The minimum absolute atomic E-state index is 0.0415. The minimum atomic E-state index is -0.245. The molecule has 1 atom stereocenters. The van der Waals surface area contributed by atoms with Gasteiger partial charge in [-0.15, -0.1) is 11.3 Å². The molecule has 3 aromatic rings. The lowest BCUT2D eigenvalue weighted by molar-refractivity contribution is 0.0996. The van der Waals surface area contributed by atoms with Crippen molar-refractivity contribution in [1.29, 1.82) is 0 Å². The predicted octanol–water partition coefficient (Wildman–Crippen LogP) is 5.74. The van der Waals surface area contributed by atoms with Crippen LogP contribution in [0, 0.1) is 12.8 Å². The van der Waals surface area contributed by atoms with E-state index in [1.807, 2.05) is 12.1 Å². The molecule has 3 heterocycles. The van der Waals surface area contributed by atoms with Crippen LogP contribution in [0.5, 0.6) is 11.5 Å². The molecule has 2 aromatic heterocycles. The third-order valence-corrected chi connectivity index (χ3v) is 7.05. The highest BCUT2D eigenvalue weighted by Gasteiger charge is 2.31. The average molecular weight is 455 g/mol. The van der Waals surface area contributed by atoms with Gasteiger partial charge in [-0.2, -0.15) is 0 Å². The van der Waals surface area contributed by atoms with Crippen molar-refractivity contribution in [2.45, 2.75) is 32.7 Å². The number of furan rings is 1. The number of carbonyl (C=O) groups is 1. The largest absolute Gasteiger partial charge is 0.497 e. The van der Waals surface area contributed by atoms with Crippen LogP contribution in [0.2, 0.25) is 0 Å². The molecule has 4 rings (SSSR count). The molecule has 1 N–H and O–H groups in total. The molecule has 6 nitrogen and oxygen atoms in total. The number of anilines is 1. The molecule has 0 radical (unpaired) electrons. The highest BCUT2D eigenvalue weighted by Crippen LogP contribution is 2.44. The summed E-state index contributed by atoms with van der Waals surface area (Å²) < 4.78 is 16.5. The third-order valence-electron chi connectivity index (χ3n) is 6.07. The summed E-state index contributed by atoms with van der Waals surface area (Å²) in [6.07, 6.45) is 3.80. The zero-order chi connectivity index (χ0) is 22.7. The Hall–Kier alpha value is -2.77. The Morgan fingerprint density at radius 2 is 1.94 bits per heavy atom. The first-order chi connectivity index (χ1) is 15.5. The molecule has 170 valence electrons. The lowest BCUT2D eigenvalue weighted by Crippen LogP contribution is -2.37. The van der Waals surface area contributed by atoms with E-state index in [1.54, 1.807) is 37.7 Å². The van der Waals surface area contributed by atoms with E-state index in [-0.39, 0.29) is 11.9 Å². The number of nitrogens with zero attached hydrogens (tertiary/aromatic N) is 1. The zero-order valence-electron chi connectivity index (χ0n) is 19.0. The van der Waals surface area contributed by atoms with Crippen molar-refractivity contribution >= 4 is 22.2 Å². The van der Waals surface area contributed by atoms with Gasteiger partial charge in [-0.1, -0.05) is 6.92 Å². The van der Waals surface area contributed by atoms with E-state index < -0.39 is 0 Å². The van der Waals surface area contributed by atoms with E-state index >= 15 is 0 Å². The number of piperidine rings is 1. The van der Waals surface area contributed by atoms with Crippen molar-refractivity contribution < 1.29 is 18.7 Å². The molecule has 32 heavy (non-hydrogen) atoms. The number of hydrogen-bond donors (Lipinski definition) is 1. The number of benzene rings is 1. The fraction of sp³-hybridized carbons (Fsp3) is 0.400. The van der Waals surface area contributed by atoms with Gasteiger partial charge in [0.05, 0.1) is 26.5 Å². The van der Waals surface area contributed by atoms with Gasteiger partial charge in [0, 0.05) is 22.1 Å². The Bertz CT molecular complexity index is 1050. The van der Waals surface area contributed by atoms with Gasteiger partial charge >= 0.3 is 0 Å². The maximum Gasteiger partial charge on any atom is 0.291 e. The van der Waals surface area contributed by atoms with Gasteiger partial charge in [-0.05, 0) is 69.1 Å². The van der Waals surface area contributed by atoms with Crippen LogP contribution in [-0.4, -0.2) is 38.1 Å². The van der Waals surface area contributed by atoms with Gasteiger partial charge in [-0.25, -0.2) is 0 Å². The standard InChI is InChI=1S/C25H30N2O4S/c1-16-9-11-27(12-10-16)23(19-8-7-18(29-3)15-22(19)30-4)20-14-17(2)32-25(20)26-24(28)21-6-5-13-31-21/h5-8,13-16,23H,9-12H2,1-4H3,(H,26,28)/t23-/m0/s1. The fourth-order valence-corrected chi connectivity index (χ4v) is 5.24. The highest BCUT2D eigenvalue weighted by atomic mass is 32.1. The monoisotopic (exact) mass is 454 g/mol. The summed E-state index contributed by atoms with van der Waals surface area (Å²) in [6.45, 7) is 6.35. The Morgan fingerprint density at radius 1 is 1.16 bits per heavy atom. The van der Waals surface area contributed by atoms with Crippen molar-refractivity contribution in [1.82, 2.24) is 4.90 Å². The molecule has 1 saturated heterocycles. The van der Waals surface area contributed by atoms with Crippen molar-refractivity contribution in [3.63, 3.8) is 0 Å². The first-order valence-corrected chi connectivity index (χ1v) is 11.7. The summed E-state index contributed by atoms with van der Waals surface area (Å²) in [5, 5.41) is 3.92. The van der Waals surface area contributed by atoms with E-state index in [0.717, 1.165) is 58.4 Å². The van der Waals surface area contributed by atoms with Gasteiger partial charge in [0.2, 0.25) is 0 Å². The lowest BCUT2D eigenvalue weighted by atomic mass is 9.92. The van der Waals surface area contributed by atoms with E-state index in [1.165, 1.54) is 6.26 Å². The summed E-state index contributed by atoms with van der Waals surface area (Å²) in [6, 6.07) is 11.5. The van der Waals surface area contributed by atoms with Gasteiger partial charge in [0.25, 0.3) is 5.91 Å². The highest BCUT2D eigenvalue weighted by molar-refractivity contribution is 7.16. The quantitative estimate of drug-likeness (QED) is 0.493. The Kier molecular flexibility index (Phi) is 6.86. The summed E-state index contributed by atoms with van der Waals surface area (Å²) in [5.74, 6) is 2.30. The number of hydrogen-bond acceptors (Lipinski definition) is 6. The third kappa shape index (κ3) is 4.69. The first-order valence-electron chi connectivity index (χ1n) is 10.9.